The Labute approximate surface area is 152 Å². The van der Waals surface area contributed by atoms with E-state index < -0.39 is 0 Å². The van der Waals surface area contributed by atoms with Crippen LogP contribution in [-0.2, 0) is 17.9 Å². The number of hydrogen-bond donors (Lipinski definition) is 2. The third kappa shape index (κ3) is 4.36. The van der Waals surface area contributed by atoms with Gasteiger partial charge < -0.3 is 15.5 Å². The van der Waals surface area contributed by atoms with Crippen LogP contribution >= 0.6 is 0 Å². The average Bonchev–Trinajstić information content (AvgIpc) is 3.09. The predicted octanol–water partition coefficient (Wildman–Crippen LogP) is 2.21. The van der Waals surface area contributed by atoms with Crippen molar-refractivity contribution in [3.05, 3.63) is 59.7 Å². The number of carbonyl (C=O) groups is 1. The van der Waals surface area contributed by atoms with Gasteiger partial charge in [-0.25, -0.2) is 4.39 Å². The second-order valence-corrected chi connectivity index (χ2v) is 6.03. The second kappa shape index (κ2) is 8.42. The van der Waals surface area contributed by atoms with Crippen molar-refractivity contribution in [3.63, 3.8) is 0 Å². The van der Waals surface area contributed by atoms with Crippen molar-refractivity contribution in [1.82, 2.24) is 15.6 Å². The van der Waals surface area contributed by atoms with Crippen LogP contribution in [0.2, 0.25) is 0 Å². The number of aliphatic imine (C=N–C) groups is 1. The number of pyridine rings is 1. The van der Waals surface area contributed by atoms with Crippen LogP contribution in [0.15, 0.2) is 47.6 Å². The van der Waals surface area contributed by atoms with E-state index in [4.69, 9.17) is 0 Å². The van der Waals surface area contributed by atoms with Gasteiger partial charge in [-0.1, -0.05) is 12.1 Å². The van der Waals surface area contributed by atoms with Gasteiger partial charge in [0.25, 0.3) is 0 Å². The van der Waals surface area contributed by atoms with Crippen molar-refractivity contribution in [2.75, 3.05) is 18.5 Å². The highest BCUT2D eigenvalue weighted by molar-refractivity contribution is 5.95. The van der Waals surface area contributed by atoms with Crippen molar-refractivity contribution in [2.45, 2.75) is 25.9 Å². The van der Waals surface area contributed by atoms with Crippen LogP contribution in [0.4, 0.5) is 10.1 Å². The zero-order valence-electron chi connectivity index (χ0n) is 14.7. The van der Waals surface area contributed by atoms with Crippen molar-refractivity contribution in [3.8, 4) is 0 Å². The lowest BCUT2D eigenvalue weighted by Gasteiger charge is -2.16. The number of anilines is 1. The number of guanidine groups is 1. The molecule has 2 N–H and O–H groups in total. The molecule has 3 rings (SSSR count). The third-order valence-corrected chi connectivity index (χ3v) is 4.26. The quantitative estimate of drug-likeness (QED) is 0.637. The van der Waals surface area contributed by atoms with Gasteiger partial charge in [0.1, 0.15) is 5.82 Å². The molecule has 0 atom stereocenters. The highest BCUT2D eigenvalue weighted by atomic mass is 19.1. The number of aromatic nitrogens is 1. The van der Waals surface area contributed by atoms with Crippen LogP contribution in [0.25, 0.3) is 0 Å². The van der Waals surface area contributed by atoms with E-state index in [0.717, 1.165) is 24.2 Å². The highest BCUT2D eigenvalue weighted by Crippen LogP contribution is 2.21. The van der Waals surface area contributed by atoms with Gasteiger partial charge in [-0.3, -0.25) is 14.8 Å². The Hall–Kier alpha value is -2.96. The molecule has 0 spiro atoms. The minimum atomic E-state index is -0.345. The van der Waals surface area contributed by atoms with Crippen LogP contribution in [0.3, 0.4) is 0 Å². The molecule has 1 aromatic carbocycles. The molecular weight excluding hydrogens is 333 g/mol. The Balaban J connectivity index is 1.52. The van der Waals surface area contributed by atoms with E-state index >= 15 is 0 Å². The Kier molecular flexibility index (Phi) is 5.78. The van der Waals surface area contributed by atoms with E-state index in [1.54, 1.807) is 19.3 Å². The van der Waals surface area contributed by atoms with Crippen LogP contribution in [0.1, 0.15) is 24.1 Å². The summed E-state index contributed by atoms with van der Waals surface area (Å²) in [5, 5.41) is 6.22. The number of carbonyl (C=O) groups excluding carboxylic acids is 1. The van der Waals surface area contributed by atoms with Gasteiger partial charge >= 0.3 is 0 Å². The zero-order chi connectivity index (χ0) is 18.4. The van der Waals surface area contributed by atoms with Crippen molar-refractivity contribution >= 4 is 17.6 Å². The Morgan fingerprint density at radius 3 is 2.65 bits per heavy atom. The minimum Gasteiger partial charge on any atom is -0.352 e. The summed E-state index contributed by atoms with van der Waals surface area (Å²) in [4.78, 5) is 21.7. The molecule has 1 fully saturated rings. The number of rotatable bonds is 5. The molecule has 1 aromatic heterocycles. The molecule has 0 saturated carbocycles. The molecule has 7 heteroatoms. The summed E-state index contributed by atoms with van der Waals surface area (Å²) in [6.07, 6.45) is 3.10. The van der Waals surface area contributed by atoms with Crippen LogP contribution < -0.4 is 15.5 Å². The molecule has 0 bridgehead atoms. The summed E-state index contributed by atoms with van der Waals surface area (Å²) in [6.45, 7) is 1.61. The van der Waals surface area contributed by atoms with Gasteiger partial charge in [0, 0.05) is 38.4 Å². The molecule has 26 heavy (non-hydrogen) atoms. The smallest absolute Gasteiger partial charge is 0.227 e. The molecule has 136 valence electrons. The molecule has 1 aliphatic heterocycles. The number of halogens is 1. The maximum Gasteiger partial charge on any atom is 0.227 e. The van der Waals surface area contributed by atoms with Crippen molar-refractivity contribution < 1.29 is 9.18 Å². The number of benzene rings is 1. The van der Waals surface area contributed by atoms with Gasteiger partial charge in [0.05, 0.1) is 12.2 Å². The van der Waals surface area contributed by atoms with Crippen molar-refractivity contribution in [2.24, 2.45) is 4.99 Å². The van der Waals surface area contributed by atoms with Gasteiger partial charge in [-0.15, -0.1) is 0 Å². The largest absolute Gasteiger partial charge is 0.352 e. The number of nitrogens with one attached hydrogen (secondary N) is 2. The topological polar surface area (TPSA) is 69.6 Å². The van der Waals surface area contributed by atoms with Crippen LogP contribution in [0, 0.1) is 5.82 Å². The van der Waals surface area contributed by atoms with Gasteiger partial charge in [0.2, 0.25) is 5.91 Å². The first-order chi connectivity index (χ1) is 12.7. The van der Waals surface area contributed by atoms with Gasteiger partial charge in [-0.05, 0) is 36.2 Å². The fourth-order valence-corrected chi connectivity index (χ4v) is 2.84. The SMILES string of the molecule is CN=C(NCc1ccc(N2CCCC2=O)cc1)NCc1ncccc1F. The fourth-order valence-electron chi connectivity index (χ4n) is 2.84. The molecule has 1 amide bonds. The lowest BCUT2D eigenvalue weighted by molar-refractivity contribution is -0.117. The highest BCUT2D eigenvalue weighted by Gasteiger charge is 2.21. The molecule has 1 aliphatic rings. The Morgan fingerprint density at radius 2 is 2.00 bits per heavy atom. The maximum atomic E-state index is 13.6. The summed E-state index contributed by atoms with van der Waals surface area (Å²) in [5.74, 6) is 0.401. The van der Waals surface area contributed by atoms with E-state index in [1.807, 2.05) is 29.2 Å². The van der Waals surface area contributed by atoms with E-state index in [0.29, 0.717) is 24.6 Å². The number of hydrogen-bond acceptors (Lipinski definition) is 3. The molecule has 1 saturated heterocycles. The normalized spacial score (nSPS) is 14.6. The monoisotopic (exact) mass is 355 g/mol. The summed E-state index contributed by atoms with van der Waals surface area (Å²) >= 11 is 0. The molecule has 0 aliphatic carbocycles. The Morgan fingerprint density at radius 1 is 1.23 bits per heavy atom. The lowest BCUT2D eigenvalue weighted by Crippen LogP contribution is -2.36. The van der Waals surface area contributed by atoms with E-state index in [2.05, 4.69) is 20.6 Å². The standard InChI is InChI=1S/C19H22FN5O/c1-21-19(24-13-17-16(20)4-2-10-22-17)23-12-14-6-8-15(9-7-14)25-11-3-5-18(25)26/h2,4,6-10H,3,5,11-13H2,1H3,(H2,21,23,24). The van der Waals surface area contributed by atoms with E-state index in [9.17, 15) is 9.18 Å². The minimum absolute atomic E-state index is 0.183. The zero-order valence-corrected chi connectivity index (χ0v) is 14.7. The maximum absolute atomic E-state index is 13.6. The lowest BCUT2D eigenvalue weighted by atomic mass is 10.2. The number of amides is 1. The first kappa shape index (κ1) is 17.8. The first-order valence-electron chi connectivity index (χ1n) is 8.60. The number of nitrogens with zero attached hydrogens (tertiary/aromatic N) is 3. The first-order valence-corrected chi connectivity index (χ1v) is 8.60. The van der Waals surface area contributed by atoms with Gasteiger partial charge in [0.15, 0.2) is 5.96 Å². The van der Waals surface area contributed by atoms with Crippen LogP contribution in [0.5, 0.6) is 0 Å². The molecular formula is C19H22FN5O. The van der Waals surface area contributed by atoms with Gasteiger partial charge in [-0.2, -0.15) is 0 Å². The average molecular weight is 355 g/mol. The predicted molar refractivity (Wildman–Crippen MR) is 99.3 cm³/mol. The van der Waals surface area contributed by atoms with E-state index in [1.165, 1.54) is 6.07 Å². The summed E-state index contributed by atoms with van der Waals surface area (Å²) in [6, 6.07) is 10.8. The van der Waals surface area contributed by atoms with Crippen molar-refractivity contribution in [1.29, 1.82) is 0 Å². The molecule has 0 radical (unpaired) electrons. The van der Waals surface area contributed by atoms with Crippen LogP contribution in [-0.4, -0.2) is 30.4 Å². The second-order valence-electron chi connectivity index (χ2n) is 6.03. The summed E-state index contributed by atoms with van der Waals surface area (Å²) < 4.78 is 13.6. The fraction of sp³-hybridized carbons (Fsp3) is 0.316. The van der Waals surface area contributed by atoms with E-state index in [-0.39, 0.29) is 18.3 Å². The molecule has 0 unspecified atom stereocenters. The Bertz CT molecular complexity index is 791. The third-order valence-electron chi connectivity index (χ3n) is 4.26. The molecule has 6 nitrogen and oxygen atoms in total. The summed E-state index contributed by atoms with van der Waals surface area (Å²) in [7, 11) is 1.66. The molecule has 2 aromatic rings. The molecule has 2 heterocycles. The summed E-state index contributed by atoms with van der Waals surface area (Å²) in [5.41, 5.74) is 2.34.